The number of nitrogens with zero attached hydrogens (tertiary/aromatic N) is 2. The van der Waals surface area contributed by atoms with E-state index in [2.05, 4.69) is 10.4 Å². The van der Waals surface area contributed by atoms with Crippen LogP contribution in [0.4, 0.5) is 5.82 Å². The van der Waals surface area contributed by atoms with Gasteiger partial charge in [-0.15, -0.1) is 0 Å². The summed E-state index contributed by atoms with van der Waals surface area (Å²) < 4.78 is 19.0. The Morgan fingerprint density at radius 3 is 2.21 bits per heavy atom. The molecule has 0 spiro atoms. The molecule has 7 nitrogen and oxygen atoms in total. The van der Waals surface area contributed by atoms with Gasteiger partial charge in [0, 0.05) is 33.1 Å². The first-order valence-corrected chi connectivity index (χ1v) is 12.1. The summed E-state index contributed by atoms with van der Waals surface area (Å²) in [6.45, 7) is 0. The van der Waals surface area contributed by atoms with Gasteiger partial charge < -0.3 is 10.1 Å². The molecule has 170 valence electrons. The molecule has 1 unspecified atom stereocenters. The standard InChI is InChI=1S/C26H21N3O4S/c1-33-21-13-11-20(12-14-21)29-25(22-15-34(32)16-23(22)28-29)27-26(31)19-9-7-18(8-10-19)24(30)17-5-3-2-4-6-17/h2-14H,15-16H2,1H3,(H,27,31). The number of rotatable bonds is 6. The van der Waals surface area contributed by atoms with Crippen LogP contribution in [-0.4, -0.2) is 32.8 Å². The van der Waals surface area contributed by atoms with E-state index in [-0.39, 0.29) is 11.7 Å². The van der Waals surface area contributed by atoms with Crippen molar-refractivity contribution >= 4 is 28.3 Å². The first kappa shape index (κ1) is 21.8. The molecule has 8 heteroatoms. The Hall–Kier alpha value is -4.04. The zero-order chi connectivity index (χ0) is 23.7. The number of carbonyl (C=O) groups is 2. The molecule has 0 radical (unpaired) electrons. The van der Waals surface area contributed by atoms with Crippen molar-refractivity contribution in [3.05, 3.63) is 107 Å². The molecular formula is C26H21N3O4S. The predicted molar refractivity (Wildman–Crippen MR) is 130 cm³/mol. The fourth-order valence-electron chi connectivity index (χ4n) is 3.88. The van der Waals surface area contributed by atoms with Crippen molar-refractivity contribution < 1.29 is 18.5 Å². The van der Waals surface area contributed by atoms with Gasteiger partial charge in [0.1, 0.15) is 11.6 Å². The summed E-state index contributed by atoms with van der Waals surface area (Å²) in [5.74, 6) is 1.46. The monoisotopic (exact) mass is 471 g/mol. The number of fused-ring (bicyclic) bond motifs is 1. The van der Waals surface area contributed by atoms with Gasteiger partial charge in [-0.05, 0) is 36.4 Å². The minimum atomic E-state index is -1.04. The second-order valence-electron chi connectivity index (χ2n) is 7.84. The van der Waals surface area contributed by atoms with Crippen molar-refractivity contribution in [2.24, 2.45) is 0 Å². The number of methoxy groups -OCH3 is 1. The maximum atomic E-state index is 13.1. The van der Waals surface area contributed by atoms with Gasteiger partial charge in [-0.25, -0.2) is 4.68 Å². The lowest BCUT2D eigenvalue weighted by Crippen LogP contribution is -2.17. The number of hydrogen-bond acceptors (Lipinski definition) is 5. The van der Waals surface area contributed by atoms with E-state index in [0.29, 0.717) is 45.5 Å². The molecule has 34 heavy (non-hydrogen) atoms. The van der Waals surface area contributed by atoms with Crippen LogP contribution < -0.4 is 10.1 Å². The van der Waals surface area contributed by atoms with E-state index >= 15 is 0 Å². The summed E-state index contributed by atoms with van der Waals surface area (Å²) in [5.41, 5.74) is 3.74. The van der Waals surface area contributed by atoms with Crippen LogP contribution in [0, 0.1) is 0 Å². The zero-order valence-electron chi connectivity index (χ0n) is 18.4. The summed E-state index contributed by atoms with van der Waals surface area (Å²) in [6.07, 6.45) is 0. The molecule has 0 bridgehead atoms. The minimum absolute atomic E-state index is 0.106. The SMILES string of the molecule is COc1ccc(-n2nc3c(c2NC(=O)c2ccc(C(=O)c4ccccc4)cc2)CS(=O)C3)cc1. The van der Waals surface area contributed by atoms with E-state index in [1.807, 2.05) is 42.5 Å². The Balaban J connectivity index is 1.42. The van der Waals surface area contributed by atoms with Gasteiger partial charge in [-0.2, -0.15) is 5.10 Å². The molecule has 0 saturated heterocycles. The lowest BCUT2D eigenvalue weighted by atomic mass is 10.0. The van der Waals surface area contributed by atoms with Crippen LogP contribution >= 0.6 is 0 Å². The molecule has 0 aliphatic carbocycles. The number of amides is 1. The Morgan fingerprint density at radius 1 is 0.882 bits per heavy atom. The third-order valence-electron chi connectivity index (χ3n) is 5.66. The van der Waals surface area contributed by atoms with Gasteiger partial charge in [0.05, 0.1) is 30.0 Å². The highest BCUT2D eigenvalue weighted by Gasteiger charge is 2.28. The molecule has 3 aromatic carbocycles. The maximum absolute atomic E-state index is 13.1. The van der Waals surface area contributed by atoms with Crippen LogP contribution in [0.3, 0.4) is 0 Å². The van der Waals surface area contributed by atoms with E-state index < -0.39 is 10.8 Å². The molecule has 5 rings (SSSR count). The summed E-state index contributed by atoms with van der Waals surface area (Å²) in [6, 6.07) is 22.8. The third kappa shape index (κ3) is 4.15. The molecule has 1 aliphatic heterocycles. The van der Waals surface area contributed by atoms with Gasteiger partial charge >= 0.3 is 0 Å². The van der Waals surface area contributed by atoms with Crippen LogP contribution in [-0.2, 0) is 22.3 Å². The van der Waals surface area contributed by atoms with Crippen molar-refractivity contribution in [3.8, 4) is 11.4 Å². The number of benzene rings is 3. The number of anilines is 1. The number of carbonyl (C=O) groups excluding carboxylic acids is 2. The molecule has 1 aliphatic rings. The maximum Gasteiger partial charge on any atom is 0.256 e. The van der Waals surface area contributed by atoms with Crippen LogP contribution in [0.2, 0.25) is 0 Å². The zero-order valence-corrected chi connectivity index (χ0v) is 19.2. The van der Waals surface area contributed by atoms with E-state index in [4.69, 9.17) is 4.74 Å². The van der Waals surface area contributed by atoms with Crippen molar-refractivity contribution in [3.63, 3.8) is 0 Å². The fourth-order valence-corrected chi connectivity index (χ4v) is 5.14. The topological polar surface area (TPSA) is 90.3 Å². The van der Waals surface area contributed by atoms with E-state index in [9.17, 15) is 13.8 Å². The quantitative estimate of drug-likeness (QED) is 0.427. The Morgan fingerprint density at radius 2 is 1.53 bits per heavy atom. The van der Waals surface area contributed by atoms with Gasteiger partial charge in [-0.1, -0.05) is 42.5 Å². The second kappa shape index (κ2) is 9.07. The van der Waals surface area contributed by atoms with Crippen molar-refractivity contribution in [2.45, 2.75) is 11.5 Å². The molecule has 2 heterocycles. The summed E-state index contributed by atoms with van der Waals surface area (Å²) in [4.78, 5) is 25.7. The van der Waals surface area contributed by atoms with E-state index in [0.717, 1.165) is 11.3 Å². The third-order valence-corrected chi connectivity index (χ3v) is 6.87. The molecule has 1 aromatic heterocycles. The minimum Gasteiger partial charge on any atom is -0.497 e. The molecule has 1 N–H and O–H groups in total. The van der Waals surface area contributed by atoms with Gasteiger partial charge in [0.2, 0.25) is 0 Å². The largest absolute Gasteiger partial charge is 0.497 e. The van der Waals surface area contributed by atoms with Crippen molar-refractivity contribution in [1.29, 1.82) is 0 Å². The summed E-state index contributed by atoms with van der Waals surface area (Å²) >= 11 is 0. The molecule has 0 saturated carbocycles. The summed E-state index contributed by atoms with van der Waals surface area (Å²) in [7, 11) is 0.556. The average Bonchev–Trinajstić information content (AvgIpc) is 3.40. The lowest BCUT2D eigenvalue weighted by Gasteiger charge is -2.12. The first-order chi connectivity index (χ1) is 16.5. The van der Waals surface area contributed by atoms with E-state index in [1.54, 1.807) is 48.2 Å². The van der Waals surface area contributed by atoms with Crippen LogP contribution in [0.25, 0.3) is 5.69 Å². The lowest BCUT2D eigenvalue weighted by molar-refractivity contribution is 0.101. The highest BCUT2D eigenvalue weighted by molar-refractivity contribution is 7.83. The number of ether oxygens (including phenoxy) is 1. The Bertz CT molecular complexity index is 1390. The van der Waals surface area contributed by atoms with Crippen molar-refractivity contribution in [2.75, 3.05) is 12.4 Å². The smallest absolute Gasteiger partial charge is 0.256 e. The molecule has 1 amide bonds. The van der Waals surface area contributed by atoms with Gasteiger partial charge in [0.15, 0.2) is 5.78 Å². The molecule has 4 aromatic rings. The Labute approximate surface area is 198 Å². The molecule has 0 fully saturated rings. The highest BCUT2D eigenvalue weighted by Crippen LogP contribution is 2.32. The number of ketones is 1. The van der Waals surface area contributed by atoms with Gasteiger partial charge in [-0.3, -0.25) is 13.8 Å². The highest BCUT2D eigenvalue weighted by atomic mass is 32.2. The second-order valence-corrected chi connectivity index (χ2v) is 9.30. The first-order valence-electron chi connectivity index (χ1n) is 10.6. The van der Waals surface area contributed by atoms with Crippen LogP contribution in [0.1, 0.15) is 37.5 Å². The number of aromatic nitrogens is 2. The Kier molecular flexibility index (Phi) is 5.81. The number of nitrogens with one attached hydrogen (secondary N) is 1. The van der Waals surface area contributed by atoms with E-state index in [1.165, 1.54) is 0 Å². The van der Waals surface area contributed by atoms with Crippen LogP contribution in [0.15, 0.2) is 78.9 Å². The normalized spacial score (nSPS) is 14.4. The van der Waals surface area contributed by atoms with Crippen LogP contribution in [0.5, 0.6) is 5.75 Å². The fraction of sp³-hybridized carbons (Fsp3) is 0.115. The molecule has 1 atom stereocenters. The predicted octanol–water partition coefficient (Wildman–Crippen LogP) is 4.13. The number of hydrogen-bond donors (Lipinski definition) is 1. The van der Waals surface area contributed by atoms with Gasteiger partial charge in [0.25, 0.3) is 5.91 Å². The summed E-state index contributed by atoms with van der Waals surface area (Å²) in [5, 5.41) is 7.55. The van der Waals surface area contributed by atoms with Crippen molar-refractivity contribution in [1.82, 2.24) is 9.78 Å². The average molecular weight is 472 g/mol. The molecular weight excluding hydrogens is 450 g/mol.